The minimum Gasteiger partial charge on any atom is -0.478 e. The Morgan fingerprint density at radius 1 is 1.69 bits per heavy atom. The van der Waals surface area contributed by atoms with Gasteiger partial charge in [-0.25, -0.2) is 4.79 Å². The third-order valence-electron chi connectivity index (χ3n) is 1.73. The van der Waals surface area contributed by atoms with Gasteiger partial charge in [-0.3, -0.25) is 4.68 Å². The summed E-state index contributed by atoms with van der Waals surface area (Å²) in [5, 5.41) is 12.9. The number of carbonyl (C=O) groups is 1. The zero-order chi connectivity index (χ0) is 10.0. The van der Waals surface area contributed by atoms with Crippen LogP contribution in [-0.2, 0) is 6.54 Å². The van der Waals surface area contributed by atoms with E-state index in [9.17, 15) is 4.79 Å². The molecule has 1 N–H and O–H groups in total. The van der Waals surface area contributed by atoms with E-state index in [2.05, 4.69) is 18.9 Å². The second-order valence-corrected chi connectivity index (χ2v) is 3.55. The summed E-state index contributed by atoms with van der Waals surface area (Å²) in [6, 6.07) is 0. The molecular formula is C9H14N2O2. The lowest BCUT2D eigenvalue weighted by molar-refractivity contribution is 0.0696. The Balaban J connectivity index is 2.89. The SMILES string of the molecule is Cc1nn(CC(C)C)cc1C(=O)O. The van der Waals surface area contributed by atoms with Crippen LogP contribution in [-0.4, -0.2) is 20.9 Å². The van der Waals surface area contributed by atoms with E-state index >= 15 is 0 Å². The maximum absolute atomic E-state index is 10.7. The van der Waals surface area contributed by atoms with Crippen molar-refractivity contribution in [2.75, 3.05) is 0 Å². The standard InChI is InChI=1S/C9H14N2O2/c1-6(2)4-11-5-8(9(12)13)7(3)10-11/h5-6H,4H2,1-3H3,(H,12,13). The van der Waals surface area contributed by atoms with Gasteiger partial charge in [0, 0.05) is 12.7 Å². The second kappa shape index (κ2) is 3.60. The van der Waals surface area contributed by atoms with Crippen LogP contribution in [0.2, 0.25) is 0 Å². The van der Waals surface area contributed by atoms with E-state index in [4.69, 9.17) is 5.11 Å². The van der Waals surface area contributed by atoms with Crippen molar-refractivity contribution in [2.45, 2.75) is 27.3 Å². The topological polar surface area (TPSA) is 55.1 Å². The summed E-state index contributed by atoms with van der Waals surface area (Å²) in [4.78, 5) is 10.7. The molecule has 13 heavy (non-hydrogen) atoms. The van der Waals surface area contributed by atoms with E-state index in [1.807, 2.05) is 0 Å². The third kappa shape index (κ3) is 2.31. The van der Waals surface area contributed by atoms with E-state index in [1.54, 1.807) is 17.8 Å². The minimum atomic E-state index is -0.910. The Kier molecular flexibility index (Phi) is 2.70. The molecule has 4 heteroatoms. The second-order valence-electron chi connectivity index (χ2n) is 3.55. The molecule has 4 nitrogen and oxygen atoms in total. The molecule has 1 aromatic rings. The van der Waals surface area contributed by atoms with Crippen molar-refractivity contribution in [3.63, 3.8) is 0 Å². The zero-order valence-electron chi connectivity index (χ0n) is 8.11. The number of aromatic nitrogens is 2. The van der Waals surface area contributed by atoms with Crippen LogP contribution in [0.25, 0.3) is 0 Å². The van der Waals surface area contributed by atoms with Gasteiger partial charge in [0.05, 0.1) is 5.69 Å². The molecule has 0 unspecified atom stereocenters. The van der Waals surface area contributed by atoms with Crippen molar-refractivity contribution in [3.8, 4) is 0 Å². The monoisotopic (exact) mass is 182 g/mol. The first-order chi connectivity index (χ1) is 6.00. The number of nitrogens with zero attached hydrogens (tertiary/aromatic N) is 2. The normalized spacial score (nSPS) is 10.8. The molecule has 0 radical (unpaired) electrons. The molecule has 0 bridgehead atoms. The van der Waals surface area contributed by atoms with Gasteiger partial charge in [-0.15, -0.1) is 0 Å². The molecule has 0 atom stereocenters. The van der Waals surface area contributed by atoms with E-state index in [1.165, 1.54) is 0 Å². The van der Waals surface area contributed by atoms with E-state index < -0.39 is 5.97 Å². The summed E-state index contributed by atoms with van der Waals surface area (Å²) in [5.74, 6) is -0.437. The molecule has 1 rings (SSSR count). The fraction of sp³-hybridized carbons (Fsp3) is 0.556. The van der Waals surface area contributed by atoms with Crippen LogP contribution in [0.3, 0.4) is 0 Å². The Hall–Kier alpha value is -1.32. The fourth-order valence-corrected chi connectivity index (χ4v) is 1.20. The number of aromatic carboxylic acids is 1. The average molecular weight is 182 g/mol. The summed E-state index contributed by atoms with van der Waals surface area (Å²) < 4.78 is 1.68. The van der Waals surface area contributed by atoms with Crippen LogP contribution in [0.4, 0.5) is 0 Å². The molecule has 1 aromatic heterocycles. The molecule has 0 aliphatic carbocycles. The van der Waals surface area contributed by atoms with Crippen molar-refractivity contribution in [2.24, 2.45) is 5.92 Å². The quantitative estimate of drug-likeness (QED) is 0.771. The number of carboxylic acids is 1. The highest BCUT2D eigenvalue weighted by atomic mass is 16.4. The summed E-state index contributed by atoms with van der Waals surface area (Å²) in [6.07, 6.45) is 1.58. The molecule has 1 heterocycles. The predicted molar refractivity (Wildman–Crippen MR) is 48.8 cm³/mol. The Labute approximate surface area is 77.2 Å². The maximum Gasteiger partial charge on any atom is 0.339 e. The van der Waals surface area contributed by atoms with Gasteiger partial charge in [-0.05, 0) is 12.8 Å². The molecule has 0 fully saturated rings. The summed E-state index contributed by atoms with van der Waals surface area (Å²) in [7, 11) is 0. The van der Waals surface area contributed by atoms with Crippen LogP contribution in [0.1, 0.15) is 29.9 Å². The lowest BCUT2D eigenvalue weighted by Crippen LogP contribution is -2.04. The fourth-order valence-electron chi connectivity index (χ4n) is 1.20. The van der Waals surface area contributed by atoms with Gasteiger partial charge in [0.1, 0.15) is 5.56 Å². The third-order valence-corrected chi connectivity index (χ3v) is 1.73. The molecular weight excluding hydrogens is 168 g/mol. The molecule has 0 amide bonds. The maximum atomic E-state index is 10.7. The Bertz CT molecular complexity index is 315. The van der Waals surface area contributed by atoms with E-state index in [-0.39, 0.29) is 0 Å². The molecule has 0 aliphatic heterocycles. The highest BCUT2D eigenvalue weighted by molar-refractivity contribution is 5.88. The van der Waals surface area contributed by atoms with Crippen molar-refractivity contribution in [1.82, 2.24) is 9.78 Å². The van der Waals surface area contributed by atoms with Crippen LogP contribution < -0.4 is 0 Å². The lowest BCUT2D eigenvalue weighted by Gasteiger charge is -2.02. The van der Waals surface area contributed by atoms with Crippen molar-refractivity contribution in [3.05, 3.63) is 17.5 Å². The Morgan fingerprint density at radius 3 is 2.69 bits per heavy atom. The van der Waals surface area contributed by atoms with Crippen LogP contribution in [0, 0.1) is 12.8 Å². The van der Waals surface area contributed by atoms with Gasteiger partial charge in [-0.2, -0.15) is 5.10 Å². The summed E-state index contributed by atoms with van der Waals surface area (Å²) in [6.45, 7) is 6.60. The van der Waals surface area contributed by atoms with Crippen LogP contribution in [0.5, 0.6) is 0 Å². The molecule has 0 saturated heterocycles. The van der Waals surface area contributed by atoms with E-state index in [0.717, 1.165) is 6.54 Å². The highest BCUT2D eigenvalue weighted by Gasteiger charge is 2.11. The largest absolute Gasteiger partial charge is 0.478 e. The van der Waals surface area contributed by atoms with Crippen molar-refractivity contribution in [1.29, 1.82) is 0 Å². The first-order valence-corrected chi connectivity index (χ1v) is 4.28. The summed E-state index contributed by atoms with van der Waals surface area (Å²) >= 11 is 0. The van der Waals surface area contributed by atoms with Crippen molar-refractivity contribution < 1.29 is 9.90 Å². The molecule has 0 aliphatic rings. The van der Waals surface area contributed by atoms with Gasteiger partial charge in [0.25, 0.3) is 0 Å². The molecule has 0 aromatic carbocycles. The number of aryl methyl sites for hydroxylation is 1. The van der Waals surface area contributed by atoms with Crippen LogP contribution in [0.15, 0.2) is 6.20 Å². The van der Waals surface area contributed by atoms with E-state index in [0.29, 0.717) is 17.2 Å². The average Bonchev–Trinajstić information content (AvgIpc) is 2.29. The van der Waals surface area contributed by atoms with Crippen LogP contribution >= 0.6 is 0 Å². The lowest BCUT2D eigenvalue weighted by atomic mass is 10.2. The minimum absolute atomic E-state index is 0.292. The highest BCUT2D eigenvalue weighted by Crippen LogP contribution is 2.07. The van der Waals surface area contributed by atoms with Gasteiger partial charge >= 0.3 is 5.97 Å². The zero-order valence-corrected chi connectivity index (χ0v) is 8.11. The smallest absolute Gasteiger partial charge is 0.339 e. The first-order valence-electron chi connectivity index (χ1n) is 4.28. The van der Waals surface area contributed by atoms with Gasteiger partial charge in [0.15, 0.2) is 0 Å². The van der Waals surface area contributed by atoms with Gasteiger partial charge < -0.3 is 5.11 Å². The number of carboxylic acid groups (broad SMARTS) is 1. The molecule has 72 valence electrons. The Morgan fingerprint density at radius 2 is 2.31 bits per heavy atom. The first kappa shape index (κ1) is 9.77. The molecule has 0 saturated carbocycles. The van der Waals surface area contributed by atoms with Gasteiger partial charge in [0.2, 0.25) is 0 Å². The molecule has 0 spiro atoms. The summed E-state index contributed by atoms with van der Waals surface area (Å²) in [5.41, 5.74) is 0.869. The number of rotatable bonds is 3. The number of hydrogen-bond donors (Lipinski definition) is 1. The van der Waals surface area contributed by atoms with Gasteiger partial charge in [-0.1, -0.05) is 13.8 Å². The van der Waals surface area contributed by atoms with Crippen molar-refractivity contribution >= 4 is 5.97 Å². The predicted octanol–water partition coefficient (Wildman–Crippen LogP) is 1.55. The number of hydrogen-bond acceptors (Lipinski definition) is 2.